The minimum atomic E-state index is -0.537. The number of amides is 1. The summed E-state index contributed by atoms with van der Waals surface area (Å²) >= 11 is 0. The van der Waals surface area contributed by atoms with Crippen LogP contribution >= 0.6 is 0 Å². The van der Waals surface area contributed by atoms with Crippen molar-refractivity contribution >= 4 is 22.9 Å². The molecule has 160 valence electrons. The lowest BCUT2D eigenvalue weighted by Gasteiger charge is -2.32. The van der Waals surface area contributed by atoms with Gasteiger partial charge in [-0.25, -0.2) is 19.0 Å². The Bertz CT molecular complexity index is 1170. The van der Waals surface area contributed by atoms with Crippen LogP contribution in [0.4, 0.5) is 14.9 Å². The van der Waals surface area contributed by atoms with Gasteiger partial charge < -0.3 is 14.1 Å². The van der Waals surface area contributed by atoms with Crippen molar-refractivity contribution in [3.8, 4) is 11.1 Å². The van der Waals surface area contributed by atoms with Crippen LogP contribution in [0.25, 0.3) is 27.1 Å². The highest BCUT2D eigenvalue weighted by Gasteiger charge is 2.29. The molecule has 1 fully saturated rings. The third-order valence-electron chi connectivity index (χ3n) is 5.30. The first kappa shape index (κ1) is 20.9. The molecule has 0 radical (unpaired) electrons. The van der Waals surface area contributed by atoms with Crippen LogP contribution in [-0.2, 0) is 4.74 Å². The van der Waals surface area contributed by atoms with Crippen molar-refractivity contribution in [2.24, 2.45) is 0 Å². The molecule has 2 heterocycles. The van der Waals surface area contributed by atoms with E-state index >= 15 is 0 Å². The van der Waals surface area contributed by atoms with Gasteiger partial charge in [-0.05, 0) is 62.9 Å². The van der Waals surface area contributed by atoms with Gasteiger partial charge in [0.2, 0.25) is 5.69 Å². The van der Waals surface area contributed by atoms with Gasteiger partial charge in [-0.1, -0.05) is 18.2 Å². The molecule has 0 atom stereocenters. The molecule has 0 bridgehead atoms. The zero-order valence-electron chi connectivity index (χ0n) is 17.8. The number of likely N-dealkylation sites (tertiary alicyclic amines) is 1. The number of rotatable bonds is 2. The number of carbonyl (C=O) groups is 1. The van der Waals surface area contributed by atoms with Crippen LogP contribution in [0.3, 0.4) is 0 Å². The molecule has 0 aliphatic carbocycles. The van der Waals surface area contributed by atoms with E-state index in [2.05, 4.69) is 9.83 Å². The number of oxazole rings is 1. The number of hydrogen-bond acceptors (Lipinski definition) is 4. The van der Waals surface area contributed by atoms with Crippen LogP contribution in [-0.4, -0.2) is 34.7 Å². The zero-order valence-corrected chi connectivity index (χ0v) is 17.8. The molecule has 1 amide bonds. The molecule has 0 unspecified atom stereocenters. The van der Waals surface area contributed by atoms with Gasteiger partial charge in [0, 0.05) is 19.0 Å². The number of hydrogen-bond donors (Lipinski definition) is 0. The summed E-state index contributed by atoms with van der Waals surface area (Å²) in [5.74, 6) is 0.251. The molecule has 2 aromatic carbocycles. The monoisotopic (exact) mass is 421 g/mol. The average Bonchev–Trinajstić information content (AvgIpc) is 3.16. The van der Waals surface area contributed by atoms with Gasteiger partial charge in [0.15, 0.2) is 11.5 Å². The standard InChI is InChI=1S/C24H24FN3O3/c1-24(2,3)31-23(29)28-11-9-15(10-12-28)22-27-20-14-17(6-8-21(20)30-22)16-5-7-19(26-4)18(25)13-16/h5-8,13-15H,9-12H2,1-3H3. The van der Waals surface area contributed by atoms with E-state index < -0.39 is 11.4 Å². The maximum atomic E-state index is 14.0. The molecule has 1 aliphatic rings. The highest BCUT2D eigenvalue weighted by atomic mass is 19.1. The second kappa shape index (κ2) is 8.03. The van der Waals surface area contributed by atoms with Crippen molar-refractivity contribution in [3.63, 3.8) is 0 Å². The van der Waals surface area contributed by atoms with E-state index in [1.165, 1.54) is 12.1 Å². The normalized spacial score (nSPS) is 15.1. The fraction of sp³-hybridized carbons (Fsp3) is 0.375. The summed E-state index contributed by atoms with van der Waals surface area (Å²) in [5.41, 5.74) is 2.37. The number of benzene rings is 2. The number of carbonyl (C=O) groups excluding carboxylic acids is 1. The van der Waals surface area contributed by atoms with Gasteiger partial charge >= 0.3 is 6.09 Å². The predicted molar refractivity (Wildman–Crippen MR) is 115 cm³/mol. The number of piperidine rings is 1. The van der Waals surface area contributed by atoms with Crippen LogP contribution in [0.5, 0.6) is 0 Å². The van der Waals surface area contributed by atoms with Gasteiger partial charge in [0.25, 0.3) is 0 Å². The summed E-state index contributed by atoms with van der Waals surface area (Å²) in [6, 6.07) is 10.1. The van der Waals surface area contributed by atoms with E-state index in [0.29, 0.717) is 35.6 Å². The largest absolute Gasteiger partial charge is 0.444 e. The first-order valence-corrected chi connectivity index (χ1v) is 10.3. The molecule has 3 aromatic rings. The highest BCUT2D eigenvalue weighted by Crippen LogP contribution is 2.33. The van der Waals surface area contributed by atoms with Crippen molar-refractivity contribution < 1.29 is 18.3 Å². The van der Waals surface area contributed by atoms with Crippen LogP contribution in [0.15, 0.2) is 40.8 Å². The Morgan fingerprint density at radius 1 is 1.19 bits per heavy atom. The fourth-order valence-corrected chi connectivity index (χ4v) is 3.71. The Morgan fingerprint density at radius 2 is 1.87 bits per heavy atom. The van der Waals surface area contributed by atoms with Crippen LogP contribution in [0.1, 0.15) is 45.4 Å². The van der Waals surface area contributed by atoms with Gasteiger partial charge in [0.1, 0.15) is 16.9 Å². The number of ether oxygens (including phenoxy) is 1. The predicted octanol–water partition coefficient (Wildman–Crippen LogP) is 6.30. The van der Waals surface area contributed by atoms with Gasteiger partial charge in [0.05, 0.1) is 6.57 Å². The third-order valence-corrected chi connectivity index (χ3v) is 5.30. The third kappa shape index (κ3) is 4.53. The summed E-state index contributed by atoms with van der Waals surface area (Å²) in [4.78, 5) is 21.8. The van der Waals surface area contributed by atoms with E-state index in [1.807, 2.05) is 39.0 Å². The smallest absolute Gasteiger partial charge is 0.410 e. The Morgan fingerprint density at radius 3 is 2.52 bits per heavy atom. The van der Waals surface area contributed by atoms with Crippen LogP contribution < -0.4 is 0 Å². The van der Waals surface area contributed by atoms with Crippen molar-refractivity contribution in [2.45, 2.75) is 45.1 Å². The van der Waals surface area contributed by atoms with Gasteiger partial charge in [-0.2, -0.15) is 0 Å². The summed E-state index contributed by atoms with van der Waals surface area (Å²) < 4.78 is 25.4. The topological polar surface area (TPSA) is 59.9 Å². The SMILES string of the molecule is [C-]#[N+]c1ccc(-c2ccc3oc(C4CCN(C(=O)OC(C)(C)C)CC4)nc3c2)cc1F. The molecule has 31 heavy (non-hydrogen) atoms. The van der Waals surface area contributed by atoms with E-state index in [4.69, 9.17) is 15.7 Å². The highest BCUT2D eigenvalue weighted by molar-refractivity contribution is 5.81. The minimum Gasteiger partial charge on any atom is -0.444 e. The summed E-state index contributed by atoms with van der Waals surface area (Å²) in [6.07, 6.45) is 1.22. The molecular formula is C24H24FN3O3. The van der Waals surface area contributed by atoms with E-state index in [9.17, 15) is 9.18 Å². The van der Waals surface area contributed by atoms with Gasteiger partial charge in [-0.15, -0.1) is 0 Å². The maximum absolute atomic E-state index is 14.0. The quantitative estimate of drug-likeness (QED) is 0.456. The van der Waals surface area contributed by atoms with Crippen molar-refractivity contribution in [2.75, 3.05) is 13.1 Å². The minimum absolute atomic E-state index is 0.00581. The Labute approximate surface area is 180 Å². The molecule has 1 aliphatic heterocycles. The molecule has 4 rings (SSSR count). The van der Waals surface area contributed by atoms with Crippen LogP contribution in [0.2, 0.25) is 0 Å². The van der Waals surface area contributed by atoms with Crippen molar-refractivity contribution in [1.82, 2.24) is 9.88 Å². The maximum Gasteiger partial charge on any atom is 0.410 e. The first-order valence-electron chi connectivity index (χ1n) is 10.3. The number of halogens is 1. The lowest BCUT2D eigenvalue weighted by atomic mass is 9.97. The first-order chi connectivity index (χ1) is 14.7. The summed E-state index contributed by atoms with van der Waals surface area (Å²) in [5, 5.41) is 0. The molecule has 1 aromatic heterocycles. The van der Waals surface area contributed by atoms with Crippen molar-refractivity contribution in [1.29, 1.82) is 0 Å². The summed E-state index contributed by atoms with van der Waals surface area (Å²) in [7, 11) is 0. The Hall–Kier alpha value is -3.40. The van der Waals surface area contributed by atoms with E-state index in [-0.39, 0.29) is 17.7 Å². The second-order valence-corrected chi connectivity index (χ2v) is 8.75. The fourth-order valence-electron chi connectivity index (χ4n) is 3.71. The molecule has 0 N–H and O–H groups in total. The second-order valence-electron chi connectivity index (χ2n) is 8.75. The molecule has 6 nitrogen and oxygen atoms in total. The molecule has 0 spiro atoms. The molecule has 1 saturated heterocycles. The van der Waals surface area contributed by atoms with Crippen molar-refractivity contribution in [3.05, 3.63) is 59.5 Å². The Balaban J connectivity index is 1.49. The lowest BCUT2D eigenvalue weighted by molar-refractivity contribution is 0.0199. The zero-order chi connectivity index (χ0) is 22.2. The molecule has 7 heteroatoms. The Kier molecular flexibility index (Phi) is 5.40. The number of fused-ring (bicyclic) bond motifs is 1. The van der Waals surface area contributed by atoms with E-state index in [1.54, 1.807) is 11.0 Å². The average molecular weight is 421 g/mol. The summed E-state index contributed by atoms with van der Waals surface area (Å²) in [6.45, 7) is 13.7. The number of aromatic nitrogens is 1. The van der Waals surface area contributed by atoms with Gasteiger partial charge in [-0.3, -0.25) is 0 Å². The molecule has 0 saturated carbocycles. The lowest BCUT2D eigenvalue weighted by Crippen LogP contribution is -2.41. The number of nitrogens with zero attached hydrogens (tertiary/aromatic N) is 3. The van der Waals surface area contributed by atoms with Crippen LogP contribution in [0, 0.1) is 12.4 Å². The molecular weight excluding hydrogens is 397 g/mol. The van der Waals surface area contributed by atoms with E-state index in [0.717, 1.165) is 18.4 Å².